The summed E-state index contributed by atoms with van der Waals surface area (Å²) in [5.74, 6) is 0.555. The fourth-order valence-corrected chi connectivity index (χ4v) is 2.91. The third-order valence-electron chi connectivity index (χ3n) is 4.28. The van der Waals surface area contributed by atoms with Gasteiger partial charge in [0, 0.05) is 17.1 Å². The zero-order chi connectivity index (χ0) is 19.3. The van der Waals surface area contributed by atoms with Crippen molar-refractivity contribution in [3.05, 3.63) is 35.2 Å². The number of rotatable bonds is 12. The molecule has 0 bridgehead atoms. The van der Waals surface area contributed by atoms with Crippen LogP contribution in [-0.4, -0.2) is 16.2 Å². The number of carbonyl (C=O) groups excluding carboxylic acids is 1. The van der Waals surface area contributed by atoms with Crippen LogP contribution in [0.4, 0.5) is 16.5 Å². The molecular formula is C20H29ClN4O2. The number of aromatic nitrogens is 2. The molecule has 148 valence electrons. The summed E-state index contributed by atoms with van der Waals surface area (Å²) in [6.45, 7) is 2.24. The van der Waals surface area contributed by atoms with E-state index in [1.54, 1.807) is 24.3 Å². The molecule has 0 aliphatic carbocycles. The number of unbranched alkanes of at least 4 members (excludes halogenated alkanes) is 8. The molecule has 1 aromatic carbocycles. The van der Waals surface area contributed by atoms with Crippen LogP contribution in [-0.2, 0) is 6.42 Å². The van der Waals surface area contributed by atoms with Gasteiger partial charge in [0.2, 0.25) is 5.89 Å². The summed E-state index contributed by atoms with van der Waals surface area (Å²) in [6.07, 6.45) is 12.2. The maximum absolute atomic E-state index is 11.9. The Morgan fingerprint density at radius 3 is 2.22 bits per heavy atom. The number of benzene rings is 1. The SMILES string of the molecule is CCCCCCCCCCCc1nnc(NC(=O)Nc2ccc(Cl)cc2)o1. The van der Waals surface area contributed by atoms with Gasteiger partial charge in [-0.15, -0.1) is 5.10 Å². The Kier molecular flexibility index (Phi) is 9.69. The number of carbonyl (C=O) groups is 1. The first-order valence-electron chi connectivity index (χ1n) is 9.83. The molecular weight excluding hydrogens is 364 g/mol. The van der Waals surface area contributed by atoms with E-state index in [9.17, 15) is 4.79 Å². The molecule has 0 fully saturated rings. The lowest BCUT2D eigenvalue weighted by Gasteiger charge is -2.04. The monoisotopic (exact) mass is 392 g/mol. The van der Waals surface area contributed by atoms with Crippen molar-refractivity contribution in [2.45, 2.75) is 71.1 Å². The van der Waals surface area contributed by atoms with Gasteiger partial charge in [0.25, 0.3) is 0 Å². The average molecular weight is 393 g/mol. The van der Waals surface area contributed by atoms with Crippen LogP contribution in [0.5, 0.6) is 0 Å². The van der Waals surface area contributed by atoms with Crippen LogP contribution in [0.25, 0.3) is 0 Å². The molecule has 0 radical (unpaired) electrons. The predicted octanol–water partition coefficient (Wildman–Crippen LogP) is 6.44. The molecule has 0 atom stereocenters. The van der Waals surface area contributed by atoms with Crippen LogP contribution < -0.4 is 10.6 Å². The maximum atomic E-state index is 11.9. The molecule has 2 amide bonds. The molecule has 0 saturated heterocycles. The number of amides is 2. The molecule has 2 N–H and O–H groups in total. The summed E-state index contributed by atoms with van der Waals surface area (Å²) < 4.78 is 5.47. The Morgan fingerprint density at radius 1 is 0.926 bits per heavy atom. The first kappa shape index (κ1) is 21.2. The lowest BCUT2D eigenvalue weighted by molar-refractivity contribution is 0.261. The lowest BCUT2D eigenvalue weighted by atomic mass is 10.1. The van der Waals surface area contributed by atoms with E-state index in [0.717, 1.165) is 19.3 Å². The number of hydrogen-bond acceptors (Lipinski definition) is 4. The molecule has 1 heterocycles. The van der Waals surface area contributed by atoms with E-state index >= 15 is 0 Å². The molecule has 6 nitrogen and oxygen atoms in total. The number of anilines is 2. The molecule has 0 spiro atoms. The molecule has 0 aliphatic heterocycles. The van der Waals surface area contributed by atoms with Gasteiger partial charge in [-0.05, 0) is 30.7 Å². The van der Waals surface area contributed by atoms with Crippen LogP contribution >= 0.6 is 11.6 Å². The first-order valence-corrected chi connectivity index (χ1v) is 10.2. The molecule has 2 aromatic rings. The van der Waals surface area contributed by atoms with Gasteiger partial charge in [-0.1, -0.05) is 75.0 Å². The number of halogens is 1. The van der Waals surface area contributed by atoms with Gasteiger partial charge >= 0.3 is 12.0 Å². The highest BCUT2D eigenvalue weighted by molar-refractivity contribution is 6.30. The molecule has 0 unspecified atom stereocenters. The van der Waals surface area contributed by atoms with Crippen molar-refractivity contribution < 1.29 is 9.21 Å². The van der Waals surface area contributed by atoms with Crippen LogP contribution in [0.1, 0.15) is 70.6 Å². The zero-order valence-corrected chi connectivity index (χ0v) is 16.7. The van der Waals surface area contributed by atoms with Gasteiger partial charge < -0.3 is 9.73 Å². The fraction of sp³-hybridized carbons (Fsp3) is 0.550. The van der Waals surface area contributed by atoms with Crippen LogP contribution in [0.2, 0.25) is 5.02 Å². The van der Waals surface area contributed by atoms with Gasteiger partial charge in [0.15, 0.2) is 0 Å². The summed E-state index contributed by atoms with van der Waals surface area (Å²) in [5.41, 5.74) is 0.631. The second-order valence-electron chi connectivity index (χ2n) is 6.67. The van der Waals surface area contributed by atoms with E-state index < -0.39 is 6.03 Å². The third kappa shape index (κ3) is 8.91. The van der Waals surface area contributed by atoms with Gasteiger partial charge in [0.05, 0.1) is 0 Å². The van der Waals surface area contributed by atoms with Gasteiger partial charge in [-0.2, -0.15) is 0 Å². The second kappa shape index (κ2) is 12.3. The molecule has 0 saturated carbocycles. The van der Waals surface area contributed by atoms with Crippen molar-refractivity contribution in [1.82, 2.24) is 10.2 Å². The largest absolute Gasteiger partial charge is 0.408 e. The molecule has 27 heavy (non-hydrogen) atoms. The number of nitrogens with zero attached hydrogens (tertiary/aromatic N) is 2. The molecule has 7 heteroatoms. The fourth-order valence-electron chi connectivity index (χ4n) is 2.78. The minimum atomic E-state index is -0.435. The van der Waals surface area contributed by atoms with E-state index in [0.29, 0.717) is 16.6 Å². The van der Waals surface area contributed by atoms with Crippen molar-refractivity contribution in [2.75, 3.05) is 10.6 Å². The van der Waals surface area contributed by atoms with Gasteiger partial charge in [0.1, 0.15) is 0 Å². The van der Waals surface area contributed by atoms with Crippen molar-refractivity contribution in [3.8, 4) is 0 Å². The Balaban J connectivity index is 1.59. The van der Waals surface area contributed by atoms with Crippen LogP contribution in [0, 0.1) is 0 Å². The van der Waals surface area contributed by atoms with Gasteiger partial charge in [-0.3, -0.25) is 5.32 Å². The lowest BCUT2D eigenvalue weighted by Crippen LogP contribution is -2.19. The molecule has 0 aliphatic rings. The van der Waals surface area contributed by atoms with E-state index in [4.69, 9.17) is 16.0 Å². The summed E-state index contributed by atoms with van der Waals surface area (Å²) in [6, 6.07) is 6.50. The highest BCUT2D eigenvalue weighted by Crippen LogP contribution is 2.15. The minimum absolute atomic E-state index is 0.104. The number of hydrogen-bond donors (Lipinski definition) is 2. The highest BCUT2D eigenvalue weighted by atomic mass is 35.5. The Morgan fingerprint density at radius 2 is 1.56 bits per heavy atom. The van der Waals surface area contributed by atoms with Crippen molar-refractivity contribution in [1.29, 1.82) is 0 Å². The first-order chi connectivity index (χ1) is 13.2. The highest BCUT2D eigenvalue weighted by Gasteiger charge is 2.09. The maximum Gasteiger partial charge on any atom is 0.327 e. The number of urea groups is 1. The quantitative estimate of drug-likeness (QED) is 0.407. The van der Waals surface area contributed by atoms with E-state index in [1.165, 1.54) is 44.9 Å². The van der Waals surface area contributed by atoms with Crippen LogP contribution in [0.15, 0.2) is 28.7 Å². The number of nitrogens with one attached hydrogen (secondary N) is 2. The van der Waals surface area contributed by atoms with Crippen LogP contribution in [0.3, 0.4) is 0 Å². The van der Waals surface area contributed by atoms with Crippen molar-refractivity contribution >= 4 is 29.3 Å². The normalized spacial score (nSPS) is 10.7. The van der Waals surface area contributed by atoms with E-state index in [-0.39, 0.29) is 6.01 Å². The summed E-state index contributed by atoms with van der Waals surface area (Å²) in [4.78, 5) is 11.9. The molecule has 1 aromatic heterocycles. The summed E-state index contributed by atoms with van der Waals surface area (Å²) >= 11 is 5.81. The van der Waals surface area contributed by atoms with Gasteiger partial charge in [-0.25, -0.2) is 4.79 Å². The van der Waals surface area contributed by atoms with Crippen molar-refractivity contribution in [2.24, 2.45) is 0 Å². The summed E-state index contributed by atoms with van der Waals surface area (Å²) in [7, 11) is 0. The van der Waals surface area contributed by atoms with E-state index in [2.05, 4.69) is 27.8 Å². The smallest absolute Gasteiger partial charge is 0.327 e. The molecule has 2 rings (SSSR count). The third-order valence-corrected chi connectivity index (χ3v) is 4.54. The topological polar surface area (TPSA) is 80.0 Å². The van der Waals surface area contributed by atoms with E-state index in [1.807, 2.05) is 0 Å². The van der Waals surface area contributed by atoms with Crippen molar-refractivity contribution in [3.63, 3.8) is 0 Å². The minimum Gasteiger partial charge on any atom is -0.408 e. The summed E-state index contributed by atoms with van der Waals surface area (Å²) in [5, 5.41) is 13.7. The predicted molar refractivity (Wildman–Crippen MR) is 109 cm³/mol. The Labute approximate surface area is 166 Å². The zero-order valence-electron chi connectivity index (χ0n) is 16.0. The average Bonchev–Trinajstić information content (AvgIpc) is 3.09. The number of aryl methyl sites for hydroxylation is 1. The Bertz CT molecular complexity index is 673. The Hall–Kier alpha value is -2.08. The standard InChI is InChI=1S/C20H29ClN4O2/c1-2-3-4-5-6-7-8-9-10-11-18-24-25-20(27-18)23-19(26)22-17-14-12-16(21)13-15-17/h12-15H,2-11H2,1H3,(H2,22,23,25,26). The second-order valence-corrected chi connectivity index (χ2v) is 7.10.